The van der Waals surface area contributed by atoms with E-state index in [9.17, 15) is 9.59 Å². The molecule has 0 aromatic rings. The molecule has 2 saturated heterocycles. The topological polar surface area (TPSA) is 74.4 Å². The second-order valence-electron chi connectivity index (χ2n) is 8.70. The normalized spacial score (nSPS) is 25.2. The molecule has 3 atom stereocenters. The average molecular weight is 413 g/mol. The maximum absolute atomic E-state index is 13.3. The number of hydrogen-bond acceptors (Lipinski definition) is 6. The third-order valence-corrected chi connectivity index (χ3v) is 5.62. The third kappa shape index (κ3) is 7.51. The van der Waals surface area contributed by atoms with Crippen LogP contribution in [-0.4, -0.2) is 111 Å². The fraction of sp³-hybridized carbons (Fsp3) is 0.905. The molecule has 2 aliphatic heterocycles. The summed E-state index contributed by atoms with van der Waals surface area (Å²) in [6, 6.07) is -0.112. The lowest BCUT2D eigenvalue weighted by molar-refractivity contribution is -0.147. The van der Waals surface area contributed by atoms with Crippen LogP contribution < -0.4 is 5.32 Å². The van der Waals surface area contributed by atoms with Crippen molar-refractivity contribution in [2.45, 2.75) is 52.4 Å². The predicted molar refractivity (Wildman–Crippen MR) is 113 cm³/mol. The quantitative estimate of drug-likeness (QED) is 0.553. The molecule has 0 aromatic heterocycles. The van der Waals surface area contributed by atoms with Crippen LogP contribution in [0.25, 0.3) is 0 Å². The number of rotatable bonds is 9. The van der Waals surface area contributed by atoms with E-state index in [4.69, 9.17) is 9.47 Å². The van der Waals surface area contributed by atoms with Gasteiger partial charge in [0.1, 0.15) is 0 Å². The minimum absolute atomic E-state index is 0.0391. The molecule has 0 radical (unpaired) electrons. The van der Waals surface area contributed by atoms with Crippen molar-refractivity contribution in [3.63, 3.8) is 0 Å². The van der Waals surface area contributed by atoms with Crippen LogP contribution in [0.5, 0.6) is 0 Å². The first-order chi connectivity index (χ1) is 13.8. The van der Waals surface area contributed by atoms with Gasteiger partial charge in [0.25, 0.3) is 0 Å². The minimum Gasteiger partial charge on any atom is -0.385 e. The van der Waals surface area contributed by atoms with Gasteiger partial charge in [-0.15, -0.1) is 0 Å². The molecule has 29 heavy (non-hydrogen) atoms. The maximum atomic E-state index is 13.3. The van der Waals surface area contributed by atoms with Crippen molar-refractivity contribution >= 4 is 11.8 Å². The van der Waals surface area contributed by atoms with E-state index in [-0.39, 0.29) is 36.0 Å². The Hall–Kier alpha value is -1.22. The Morgan fingerprint density at radius 3 is 2.28 bits per heavy atom. The smallest absolute Gasteiger partial charge is 0.240 e. The standard InChI is InChI=1S/C21H40N4O4/c1-16(2)20(25-13-17(3)29-18(4)14-25)21(27)24-10-8-23(9-11-24)15-19(26)22-7-6-12-28-5/h16-18,20H,6-15H2,1-5H3,(H,22,26). The van der Waals surface area contributed by atoms with Gasteiger partial charge in [-0.25, -0.2) is 0 Å². The lowest BCUT2D eigenvalue weighted by atomic mass is 9.98. The molecule has 3 unspecified atom stereocenters. The number of piperazine rings is 1. The number of carbonyl (C=O) groups is 2. The molecule has 168 valence electrons. The van der Waals surface area contributed by atoms with Gasteiger partial charge in [0, 0.05) is 59.5 Å². The number of amides is 2. The number of ether oxygens (including phenoxy) is 2. The Labute approximate surface area is 175 Å². The molecule has 0 spiro atoms. The van der Waals surface area contributed by atoms with E-state index in [2.05, 4.69) is 42.8 Å². The fourth-order valence-electron chi connectivity index (χ4n) is 4.32. The molecule has 2 rings (SSSR count). The molecule has 2 aliphatic rings. The molecule has 2 amide bonds. The van der Waals surface area contributed by atoms with E-state index < -0.39 is 0 Å². The molecule has 0 saturated carbocycles. The first kappa shape index (κ1) is 24.1. The van der Waals surface area contributed by atoms with E-state index in [1.807, 2.05) is 4.90 Å². The molecule has 2 heterocycles. The number of carbonyl (C=O) groups excluding carboxylic acids is 2. The molecular formula is C21H40N4O4. The van der Waals surface area contributed by atoms with Gasteiger partial charge in [-0.1, -0.05) is 13.8 Å². The molecule has 8 nitrogen and oxygen atoms in total. The van der Waals surface area contributed by atoms with Gasteiger partial charge in [0.2, 0.25) is 11.8 Å². The monoisotopic (exact) mass is 412 g/mol. The summed E-state index contributed by atoms with van der Waals surface area (Å²) in [5.41, 5.74) is 0. The van der Waals surface area contributed by atoms with E-state index in [1.165, 1.54) is 0 Å². The molecule has 0 aromatic carbocycles. The van der Waals surface area contributed by atoms with Gasteiger partial charge in [-0.2, -0.15) is 0 Å². The summed E-state index contributed by atoms with van der Waals surface area (Å²) in [6.45, 7) is 14.5. The minimum atomic E-state index is -0.112. The van der Waals surface area contributed by atoms with E-state index >= 15 is 0 Å². The highest BCUT2D eigenvalue weighted by Gasteiger charge is 2.37. The van der Waals surface area contributed by atoms with Gasteiger partial charge in [-0.05, 0) is 26.2 Å². The molecule has 8 heteroatoms. The number of morpholine rings is 1. The lowest BCUT2D eigenvalue weighted by Crippen LogP contribution is -2.60. The summed E-state index contributed by atoms with van der Waals surface area (Å²) >= 11 is 0. The zero-order chi connectivity index (χ0) is 21.4. The first-order valence-electron chi connectivity index (χ1n) is 11.0. The largest absolute Gasteiger partial charge is 0.385 e. The van der Waals surface area contributed by atoms with Crippen LogP contribution >= 0.6 is 0 Å². The highest BCUT2D eigenvalue weighted by Crippen LogP contribution is 2.21. The summed E-state index contributed by atoms with van der Waals surface area (Å²) in [5, 5.41) is 2.92. The van der Waals surface area contributed by atoms with Crippen LogP contribution in [0.1, 0.15) is 34.1 Å². The zero-order valence-electron chi connectivity index (χ0n) is 18.9. The lowest BCUT2D eigenvalue weighted by Gasteiger charge is -2.44. The van der Waals surface area contributed by atoms with Crippen molar-refractivity contribution in [3.8, 4) is 0 Å². The van der Waals surface area contributed by atoms with Gasteiger partial charge in [-0.3, -0.25) is 19.4 Å². The summed E-state index contributed by atoms with van der Waals surface area (Å²) < 4.78 is 10.8. The van der Waals surface area contributed by atoms with Gasteiger partial charge in [0.15, 0.2) is 0 Å². The molecule has 1 N–H and O–H groups in total. The summed E-state index contributed by atoms with van der Waals surface area (Å²) in [4.78, 5) is 31.8. The van der Waals surface area contributed by atoms with Crippen molar-refractivity contribution in [1.29, 1.82) is 0 Å². The van der Waals surface area contributed by atoms with E-state index in [1.54, 1.807) is 7.11 Å². The Balaban J connectivity index is 1.82. The van der Waals surface area contributed by atoms with Gasteiger partial charge < -0.3 is 19.7 Å². The van der Waals surface area contributed by atoms with Crippen LogP contribution in [0.3, 0.4) is 0 Å². The van der Waals surface area contributed by atoms with Crippen molar-refractivity contribution in [3.05, 3.63) is 0 Å². The summed E-state index contributed by atoms with van der Waals surface area (Å²) in [5.74, 6) is 0.498. The zero-order valence-corrected chi connectivity index (χ0v) is 18.9. The van der Waals surface area contributed by atoms with Gasteiger partial charge >= 0.3 is 0 Å². The predicted octanol–water partition coefficient (Wildman–Crippen LogP) is 0.417. The number of nitrogens with one attached hydrogen (secondary N) is 1. The molecule has 0 bridgehead atoms. The fourth-order valence-corrected chi connectivity index (χ4v) is 4.32. The summed E-state index contributed by atoms with van der Waals surface area (Å²) in [6.07, 6.45) is 1.11. The highest BCUT2D eigenvalue weighted by molar-refractivity contribution is 5.82. The number of hydrogen-bond donors (Lipinski definition) is 1. The van der Waals surface area contributed by atoms with E-state index in [0.29, 0.717) is 32.8 Å². The number of nitrogens with zero attached hydrogens (tertiary/aromatic N) is 3. The Morgan fingerprint density at radius 1 is 1.10 bits per heavy atom. The van der Waals surface area contributed by atoms with Crippen LogP contribution in [0.15, 0.2) is 0 Å². The number of methoxy groups -OCH3 is 1. The second-order valence-corrected chi connectivity index (χ2v) is 8.70. The van der Waals surface area contributed by atoms with Gasteiger partial charge in [0.05, 0.1) is 24.8 Å². The van der Waals surface area contributed by atoms with Crippen molar-refractivity contribution in [1.82, 2.24) is 20.0 Å². The molecule has 0 aliphatic carbocycles. The van der Waals surface area contributed by atoms with Crippen LogP contribution in [0, 0.1) is 5.92 Å². The van der Waals surface area contributed by atoms with Crippen LogP contribution in [0.4, 0.5) is 0 Å². The molecular weight excluding hydrogens is 372 g/mol. The second kappa shape index (κ2) is 11.8. The first-order valence-corrected chi connectivity index (χ1v) is 11.0. The Kier molecular flexibility index (Phi) is 9.82. The van der Waals surface area contributed by atoms with Crippen molar-refractivity contribution < 1.29 is 19.1 Å². The SMILES string of the molecule is COCCCNC(=O)CN1CCN(C(=O)C(C(C)C)N2CC(C)OC(C)C2)CC1. The Morgan fingerprint density at radius 2 is 1.72 bits per heavy atom. The maximum Gasteiger partial charge on any atom is 0.240 e. The van der Waals surface area contributed by atoms with Crippen molar-refractivity contribution in [2.24, 2.45) is 5.92 Å². The summed E-state index contributed by atoms with van der Waals surface area (Å²) in [7, 11) is 1.66. The van der Waals surface area contributed by atoms with Crippen molar-refractivity contribution in [2.75, 3.05) is 66.1 Å². The highest BCUT2D eigenvalue weighted by atomic mass is 16.5. The molecule has 2 fully saturated rings. The van der Waals surface area contributed by atoms with Crippen LogP contribution in [-0.2, 0) is 19.1 Å². The Bertz CT molecular complexity index is 513. The average Bonchev–Trinajstić information content (AvgIpc) is 2.65. The van der Waals surface area contributed by atoms with Crippen LogP contribution in [0.2, 0.25) is 0 Å². The third-order valence-electron chi connectivity index (χ3n) is 5.62. The van der Waals surface area contributed by atoms with E-state index in [0.717, 1.165) is 32.6 Å².